The van der Waals surface area contributed by atoms with Gasteiger partial charge >= 0.3 is 0 Å². The van der Waals surface area contributed by atoms with Crippen molar-refractivity contribution in [2.75, 3.05) is 25.9 Å². The van der Waals surface area contributed by atoms with E-state index in [0.717, 1.165) is 24.8 Å². The molecule has 4 atom stereocenters. The van der Waals surface area contributed by atoms with E-state index < -0.39 is 10.0 Å². The number of nitrogens with one attached hydrogen (secondary N) is 1. The Kier molecular flexibility index (Phi) is 4.90. The molecule has 2 fully saturated rings. The first kappa shape index (κ1) is 15.3. The molecule has 2 aliphatic rings. The van der Waals surface area contributed by atoms with E-state index in [9.17, 15) is 8.42 Å². The molecule has 1 heterocycles. The maximum atomic E-state index is 11.5. The molecule has 2 rings (SSSR count). The molecule has 5 heteroatoms. The van der Waals surface area contributed by atoms with Crippen LogP contribution in [-0.4, -0.2) is 44.7 Å². The summed E-state index contributed by atoms with van der Waals surface area (Å²) < 4.78 is 24.6. The van der Waals surface area contributed by atoms with Crippen LogP contribution in [0.4, 0.5) is 0 Å². The first-order chi connectivity index (χ1) is 8.86. The largest absolute Gasteiger partial charge is 0.314 e. The van der Waals surface area contributed by atoms with Crippen molar-refractivity contribution in [3.63, 3.8) is 0 Å². The summed E-state index contributed by atoms with van der Waals surface area (Å²) in [5, 5.41) is 3.67. The van der Waals surface area contributed by atoms with Gasteiger partial charge in [0.2, 0.25) is 10.0 Å². The summed E-state index contributed by atoms with van der Waals surface area (Å²) in [6.07, 6.45) is 6.17. The lowest BCUT2D eigenvalue weighted by Gasteiger charge is -2.33. The van der Waals surface area contributed by atoms with E-state index in [0.29, 0.717) is 25.0 Å². The zero-order chi connectivity index (χ0) is 14.0. The Morgan fingerprint density at radius 1 is 1.16 bits per heavy atom. The van der Waals surface area contributed by atoms with Crippen LogP contribution >= 0.6 is 0 Å². The van der Waals surface area contributed by atoms with Crippen molar-refractivity contribution in [2.45, 2.75) is 45.6 Å². The second-order valence-corrected chi connectivity index (χ2v) is 8.63. The number of nitrogens with zero attached hydrogens (tertiary/aromatic N) is 1. The Hall–Kier alpha value is -0.130. The number of hydrogen-bond donors (Lipinski definition) is 1. The van der Waals surface area contributed by atoms with E-state index in [1.54, 1.807) is 4.31 Å². The van der Waals surface area contributed by atoms with Gasteiger partial charge in [0.05, 0.1) is 6.26 Å². The SMILES string of the molecule is C[C@@H]1CC[C@H](NC[C@@H]2CCN(S(C)(=O)=O)C2)C[C@@H]1C. The lowest BCUT2D eigenvalue weighted by atomic mass is 9.79. The smallest absolute Gasteiger partial charge is 0.211 e. The predicted molar refractivity (Wildman–Crippen MR) is 78.5 cm³/mol. The van der Waals surface area contributed by atoms with E-state index in [-0.39, 0.29) is 0 Å². The average molecular weight is 288 g/mol. The molecule has 1 N–H and O–H groups in total. The van der Waals surface area contributed by atoms with Crippen LogP contribution in [0.3, 0.4) is 0 Å². The molecule has 1 saturated carbocycles. The fourth-order valence-electron chi connectivity index (χ4n) is 3.33. The molecule has 0 bridgehead atoms. The quantitative estimate of drug-likeness (QED) is 0.856. The van der Waals surface area contributed by atoms with Gasteiger partial charge in [0.25, 0.3) is 0 Å². The number of sulfonamides is 1. The van der Waals surface area contributed by atoms with Gasteiger partial charge in [-0.1, -0.05) is 13.8 Å². The summed E-state index contributed by atoms with van der Waals surface area (Å²) in [6.45, 7) is 7.06. The van der Waals surface area contributed by atoms with Gasteiger partial charge in [-0.15, -0.1) is 0 Å². The number of rotatable bonds is 4. The monoisotopic (exact) mass is 288 g/mol. The maximum Gasteiger partial charge on any atom is 0.211 e. The molecule has 0 spiro atoms. The normalized spacial score (nSPS) is 37.6. The summed E-state index contributed by atoms with van der Waals surface area (Å²) >= 11 is 0. The van der Waals surface area contributed by atoms with Gasteiger partial charge in [-0.3, -0.25) is 0 Å². The highest BCUT2D eigenvalue weighted by molar-refractivity contribution is 7.88. The van der Waals surface area contributed by atoms with Crippen molar-refractivity contribution in [3.8, 4) is 0 Å². The van der Waals surface area contributed by atoms with Crippen LogP contribution in [0.2, 0.25) is 0 Å². The van der Waals surface area contributed by atoms with Gasteiger partial charge in [0, 0.05) is 19.1 Å². The van der Waals surface area contributed by atoms with Crippen LogP contribution in [0, 0.1) is 17.8 Å². The molecule has 0 amide bonds. The van der Waals surface area contributed by atoms with Crippen LogP contribution in [0.1, 0.15) is 39.5 Å². The Labute approximate surface area is 118 Å². The third-order valence-corrected chi connectivity index (χ3v) is 6.28. The van der Waals surface area contributed by atoms with Crippen LogP contribution in [0.25, 0.3) is 0 Å². The topological polar surface area (TPSA) is 49.4 Å². The summed E-state index contributed by atoms with van der Waals surface area (Å²) in [5.41, 5.74) is 0. The Balaban J connectivity index is 1.72. The molecule has 1 aliphatic heterocycles. The molecule has 0 aromatic heterocycles. The third kappa shape index (κ3) is 4.17. The second kappa shape index (κ2) is 6.10. The van der Waals surface area contributed by atoms with Crippen molar-refractivity contribution >= 4 is 10.0 Å². The molecule has 112 valence electrons. The first-order valence-electron chi connectivity index (χ1n) is 7.54. The van der Waals surface area contributed by atoms with Crippen LogP contribution in [-0.2, 0) is 10.0 Å². The molecular formula is C14H28N2O2S. The lowest BCUT2D eigenvalue weighted by molar-refractivity contribution is 0.221. The highest BCUT2D eigenvalue weighted by Crippen LogP contribution is 2.29. The van der Waals surface area contributed by atoms with Crippen molar-refractivity contribution in [3.05, 3.63) is 0 Å². The van der Waals surface area contributed by atoms with E-state index in [4.69, 9.17) is 0 Å². The van der Waals surface area contributed by atoms with Gasteiger partial charge in [0.1, 0.15) is 0 Å². The van der Waals surface area contributed by atoms with Crippen LogP contribution in [0.15, 0.2) is 0 Å². The number of hydrogen-bond acceptors (Lipinski definition) is 3. The second-order valence-electron chi connectivity index (χ2n) is 6.65. The van der Waals surface area contributed by atoms with Crippen LogP contribution < -0.4 is 5.32 Å². The molecule has 0 radical (unpaired) electrons. The standard InChI is InChI=1S/C14H28N2O2S/c1-11-4-5-14(8-12(11)2)15-9-13-6-7-16(10-13)19(3,17)18/h11-15H,4-10H2,1-3H3/t11-,12+,13+,14+/m1/s1. The van der Waals surface area contributed by atoms with Crippen molar-refractivity contribution in [1.82, 2.24) is 9.62 Å². The molecule has 1 saturated heterocycles. The van der Waals surface area contributed by atoms with Crippen LogP contribution in [0.5, 0.6) is 0 Å². The zero-order valence-electron chi connectivity index (χ0n) is 12.4. The summed E-state index contributed by atoms with van der Waals surface area (Å²) in [5.74, 6) is 2.15. The zero-order valence-corrected chi connectivity index (χ0v) is 13.2. The maximum absolute atomic E-state index is 11.5. The minimum atomic E-state index is -2.99. The highest BCUT2D eigenvalue weighted by Gasteiger charge is 2.30. The molecular weight excluding hydrogens is 260 g/mol. The molecule has 19 heavy (non-hydrogen) atoms. The minimum Gasteiger partial charge on any atom is -0.314 e. The Morgan fingerprint density at radius 3 is 2.47 bits per heavy atom. The average Bonchev–Trinajstić information content (AvgIpc) is 2.79. The van der Waals surface area contributed by atoms with Crippen molar-refractivity contribution in [2.24, 2.45) is 17.8 Å². The van der Waals surface area contributed by atoms with Gasteiger partial charge in [0.15, 0.2) is 0 Å². The van der Waals surface area contributed by atoms with Crippen molar-refractivity contribution in [1.29, 1.82) is 0 Å². The van der Waals surface area contributed by atoms with E-state index in [1.165, 1.54) is 25.5 Å². The third-order valence-electron chi connectivity index (χ3n) is 5.01. The van der Waals surface area contributed by atoms with Crippen molar-refractivity contribution < 1.29 is 8.42 Å². The fraction of sp³-hybridized carbons (Fsp3) is 1.00. The lowest BCUT2D eigenvalue weighted by Crippen LogP contribution is -2.39. The molecule has 4 nitrogen and oxygen atoms in total. The summed E-state index contributed by atoms with van der Waals surface area (Å²) in [4.78, 5) is 0. The molecule has 0 unspecified atom stereocenters. The van der Waals surface area contributed by atoms with E-state index >= 15 is 0 Å². The molecule has 0 aromatic rings. The van der Waals surface area contributed by atoms with Gasteiger partial charge in [-0.25, -0.2) is 12.7 Å². The van der Waals surface area contributed by atoms with Gasteiger partial charge in [-0.2, -0.15) is 0 Å². The first-order valence-corrected chi connectivity index (χ1v) is 9.39. The van der Waals surface area contributed by atoms with Gasteiger partial charge < -0.3 is 5.32 Å². The Bertz CT molecular complexity index is 396. The predicted octanol–water partition coefficient (Wildman–Crippen LogP) is 1.68. The van der Waals surface area contributed by atoms with E-state index in [1.807, 2.05) is 0 Å². The molecule has 1 aliphatic carbocycles. The highest BCUT2D eigenvalue weighted by atomic mass is 32.2. The fourth-order valence-corrected chi connectivity index (χ4v) is 4.25. The summed E-state index contributed by atoms with van der Waals surface area (Å²) in [6, 6.07) is 0.637. The Morgan fingerprint density at radius 2 is 1.89 bits per heavy atom. The summed E-state index contributed by atoms with van der Waals surface area (Å²) in [7, 11) is -2.99. The molecule has 0 aromatic carbocycles. The van der Waals surface area contributed by atoms with Gasteiger partial charge in [-0.05, 0) is 50.0 Å². The van der Waals surface area contributed by atoms with E-state index in [2.05, 4.69) is 19.2 Å². The minimum absolute atomic E-state index is 0.490.